The summed E-state index contributed by atoms with van der Waals surface area (Å²) in [6.45, 7) is 3.51. The van der Waals surface area contributed by atoms with Crippen LogP contribution in [-0.4, -0.2) is 28.3 Å². The summed E-state index contributed by atoms with van der Waals surface area (Å²) in [4.78, 5) is 14.7. The number of aliphatic carboxylic acids is 1. The Hall–Kier alpha value is -1.63. The molecule has 1 aromatic heterocycles. The SMILES string of the molecule is CC(C)C[C@H](N[C@@H](c1cccnc1)C(F)(F)F)C(=O)O. The number of hydrogen-bond donors (Lipinski definition) is 2. The number of carboxylic acid groups (broad SMARTS) is 1. The minimum absolute atomic E-state index is 0.0358. The Kier molecular flexibility index (Phi) is 5.50. The Bertz CT molecular complexity index is 435. The van der Waals surface area contributed by atoms with Crippen LogP contribution in [0.2, 0.25) is 0 Å². The monoisotopic (exact) mass is 290 g/mol. The first-order valence-corrected chi connectivity index (χ1v) is 6.17. The van der Waals surface area contributed by atoms with Gasteiger partial charge in [-0.1, -0.05) is 19.9 Å². The topological polar surface area (TPSA) is 62.2 Å². The Morgan fingerprint density at radius 2 is 2.10 bits per heavy atom. The summed E-state index contributed by atoms with van der Waals surface area (Å²) in [5.41, 5.74) is -0.102. The van der Waals surface area contributed by atoms with Crippen LogP contribution >= 0.6 is 0 Å². The average molecular weight is 290 g/mol. The Morgan fingerprint density at radius 1 is 1.45 bits per heavy atom. The maximum atomic E-state index is 13.1. The Labute approximate surface area is 115 Å². The van der Waals surface area contributed by atoms with Crippen LogP contribution in [0, 0.1) is 5.92 Å². The van der Waals surface area contributed by atoms with Crippen LogP contribution in [-0.2, 0) is 4.79 Å². The molecule has 1 rings (SSSR count). The van der Waals surface area contributed by atoms with Gasteiger partial charge in [-0.15, -0.1) is 0 Å². The number of rotatable bonds is 6. The van der Waals surface area contributed by atoms with Gasteiger partial charge in [0.1, 0.15) is 12.1 Å². The molecule has 112 valence electrons. The first kappa shape index (κ1) is 16.4. The summed E-state index contributed by atoms with van der Waals surface area (Å²) in [5, 5.41) is 11.2. The van der Waals surface area contributed by atoms with Crippen molar-refractivity contribution in [2.75, 3.05) is 0 Å². The lowest BCUT2D eigenvalue weighted by Crippen LogP contribution is -2.45. The zero-order chi connectivity index (χ0) is 15.3. The molecule has 0 saturated carbocycles. The molecule has 1 aromatic rings. The highest BCUT2D eigenvalue weighted by Crippen LogP contribution is 2.33. The smallest absolute Gasteiger partial charge is 0.407 e. The fourth-order valence-corrected chi connectivity index (χ4v) is 1.84. The number of aromatic nitrogens is 1. The number of pyridine rings is 1. The van der Waals surface area contributed by atoms with E-state index in [1.54, 1.807) is 13.8 Å². The summed E-state index contributed by atoms with van der Waals surface area (Å²) < 4.78 is 39.3. The molecule has 2 atom stereocenters. The van der Waals surface area contributed by atoms with Crippen LogP contribution in [0.1, 0.15) is 31.9 Å². The molecule has 4 nitrogen and oxygen atoms in total. The highest BCUT2D eigenvalue weighted by molar-refractivity contribution is 5.73. The van der Waals surface area contributed by atoms with E-state index in [0.717, 1.165) is 6.20 Å². The van der Waals surface area contributed by atoms with E-state index in [4.69, 9.17) is 5.11 Å². The summed E-state index contributed by atoms with van der Waals surface area (Å²) in [6, 6.07) is -0.654. The number of nitrogens with zero attached hydrogens (tertiary/aromatic N) is 1. The van der Waals surface area contributed by atoms with Crippen molar-refractivity contribution in [2.45, 2.75) is 38.5 Å². The van der Waals surface area contributed by atoms with Gasteiger partial charge in [-0.2, -0.15) is 13.2 Å². The van der Waals surface area contributed by atoms with E-state index in [1.165, 1.54) is 18.3 Å². The van der Waals surface area contributed by atoms with E-state index >= 15 is 0 Å². The van der Waals surface area contributed by atoms with E-state index < -0.39 is 24.2 Å². The number of hydrogen-bond acceptors (Lipinski definition) is 3. The molecule has 0 spiro atoms. The van der Waals surface area contributed by atoms with Crippen molar-refractivity contribution in [1.29, 1.82) is 0 Å². The molecule has 0 aromatic carbocycles. The maximum absolute atomic E-state index is 13.1. The Balaban J connectivity index is 2.98. The molecule has 0 saturated heterocycles. The van der Waals surface area contributed by atoms with Crippen molar-refractivity contribution in [2.24, 2.45) is 5.92 Å². The minimum atomic E-state index is -4.59. The third-order valence-corrected chi connectivity index (χ3v) is 2.72. The van der Waals surface area contributed by atoms with Crippen LogP contribution in [0.5, 0.6) is 0 Å². The van der Waals surface area contributed by atoms with Crippen LogP contribution in [0.25, 0.3) is 0 Å². The van der Waals surface area contributed by atoms with Gasteiger partial charge in [0, 0.05) is 12.4 Å². The number of carboxylic acids is 1. The molecule has 0 aliphatic carbocycles. The molecule has 0 radical (unpaired) electrons. The first-order chi connectivity index (χ1) is 9.21. The van der Waals surface area contributed by atoms with Gasteiger partial charge in [0.2, 0.25) is 0 Å². The maximum Gasteiger partial charge on any atom is 0.407 e. The number of carbonyl (C=O) groups is 1. The molecule has 0 aliphatic heterocycles. The predicted octanol–water partition coefficient (Wildman–Crippen LogP) is 2.77. The summed E-state index contributed by atoms with van der Waals surface area (Å²) in [6.07, 6.45) is -2.03. The van der Waals surface area contributed by atoms with E-state index in [-0.39, 0.29) is 17.9 Å². The van der Waals surface area contributed by atoms with Crippen molar-refractivity contribution in [3.8, 4) is 0 Å². The molecular weight excluding hydrogens is 273 g/mol. The van der Waals surface area contributed by atoms with Crippen molar-refractivity contribution in [1.82, 2.24) is 10.3 Å². The molecule has 20 heavy (non-hydrogen) atoms. The molecule has 7 heteroatoms. The Morgan fingerprint density at radius 3 is 2.50 bits per heavy atom. The average Bonchev–Trinajstić information content (AvgIpc) is 2.33. The van der Waals surface area contributed by atoms with Crippen molar-refractivity contribution in [3.05, 3.63) is 30.1 Å². The molecule has 0 amide bonds. The summed E-state index contributed by atoms with van der Waals surface area (Å²) in [7, 11) is 0. The predicted molar refractivity (Wildman–Crippen MR) is 67.0 cm³/mol. The molecule has 0 bridgehead atoms. The van der Waals surface area contributed by atoms with E-state index in [1.807, 2.05) is 0 Å². The summed E-state index contributed by atoms with van der Waals surface area (Å²) >= 11 is 0. The van der Waals surface area contributed by atoms with Crippen LogP contribution in [0.4, 0.5) is 13.2 Å². The zero-order valence-corrected chi connectivity index (χ0v) is 11.2. The van der Waals surface area contributed by atoms with Crippen LogP contribution in [0.15, 0.2) is 24.5 Å². The van der Waals surface area contributed by atoms with Gasteiger partial charge < -0.3 is 5.11 Å². The van der Waals surface area contributed by atoms with E-state index in [0.29, 0.717) is 0 Å². The molecule has 0 fully saturated rings. The molecule has 1 heterocycles. The van der Waals surface area contributed by atoms with E-state index in [9.17, 15) is 18.0 Å². The normalized spacial score (nSPS) is 15.1. The van der Waals surface area contributed by atoms with Gasteiger partial charge in [-0.3, -0.25) is 15.1 Å². The minimum Gasteiger partial charge on any atom is -0.480 e. The lowest BCUT2D eigenvalue weighted by Gasteiger charge is -2.26. The largest absolute Gasteiger partial charge is 0.480 e. The van der Waals surface area contributed by atoms with Gasteiger partial charge in [0.15, 0.2) is 0 Å². The van der Waals surface area contributed by atoms with E-state index in [2.05, 4.69) is 10.3 Å². The number of nitrogens with one attached hydrogen (secondary N) is 1. The lowest BCUT2D eigenvalue weighted by atomic mass is 10.0. The third-order valence-electron chi connectivity index (χ3n) is 2.72. The highest BCUT2D eigenvalue weighted by atomic mass is 19.4. The van der Waals surface area contributed by atoms with Crippen molar-refractivity contribution in [3.63, 3.8) is 0 Å². The van der Waals surface area contributed by atoms with Gasteiger partial charge in [0.25, 0.3) is 0 Å². The second kappa shape index (κ2) is 6.69. The van der Waals surface area contributed by atoms with Gasteiger partial charge >= 0.3 is 12.1 Å². The molecule has 0 aliphatic rings. The standard InChI is InChI=1S/C13H17F3N2O2/c1-8(2)6-10(12(19)20)18-11(13(14,15)16)9-4-3-5-17-7-9/h3-5,7-8,10-11,18H,6H2,1-2H3,(H,19,20)/t10-,11-/m0/s1. The fraction of sp³-hybridized carbons (Fsp3) is 0.538. The molecule has 0 unspecified atom stereocenters. The molecular formula is C13H17F3N2O2. The quantitative estimate of drug-likeness (QED) is 0.845. The fourth-order valence-electron chi connectivity index (χ4n) is 1.84. The summed E-state index contributed by atoms with van der Waals surface area (Å²) in [5.74, 6) is -1.33. The second-order valence-corrected chi connectivity index (χ2v) is 4.95. The van der Waals surface area contributed by atoms with Crippen molar-refractivity contribution >= 4 is 5.97 Å². The highest BCUT2D eigenvalue weighted by Gasteiger charge is 2.43. The number of alkyl halides is 3. The second-order valence-electron chi connectivity index (χ2n) is 4.95. The van der Waals surface area contributed by atoms with Crippen LogP contribution < -0.4 is 5.32 Å². The van der Waals surface area contributed by atoms with Crippen LogP contribution in [0.3, 0.4) is 0 Å². The molecule has 2 N–H and O–H groups in total. The van der Waals surface area contributed by atoms with Gasteiger partial charge in [0.05, 0.1) is 0 Å². The first-order valence-electron chi connectivity index (χ1n) is 6.17. The van der Waals surface area contributed by atoms with Gasteiger partial charge in [-0.05, 0) is 24.0 Å². The lowest BCUT2D eigenvalue weighted by molar-refractivity contribution is -0.163. The van der Waals surface area contributed by atoms with Gasteiger partial charge in [-0.25, -0.2) is 0 Å². The number of halogens is 3. The van der Waals surface area contributed by atoms with Crippen molar-refractivity contribution < 1.29 is 23.1 Å². The third kappa shape index (κ3) is 4.80. The zero-order valence-electron chi connectivity index (χ0n) is 11.2.